The third-order valence-corrected chi connectivity index (χ3v) is 4.27. The smallest absolute Gasteiger partial charge is 0.176 e. The molecule has 0 unspecified atom stereocenters. The van der Waals surface area contributed by atoms with Gasteiger partial charge in [0.2, 0.25) is 0 Å². The lowest BCUT2D eigenvalue weighted by Gasteiger charge is -2.17. The van der Waals surface area contributed by atoms with Gasteiger partial charge in [0.05, 0.1) is 18.4 Å². The average Bonchev–Trinajstić information content (AvgIpc) is 2.29. The van der Waals surface area contributed by atoms with Crippen molar-refractivity contribution in [3.63, 3.8) is 0 Å². The van der Waals surface area contributed by atoms with Crippen molar-refractivity contribution in [2.45, 2.75) is 20.8 Å². The van der Waals surface area contributed by atoms with Crippen LogP contribution in [0.2, 0.25) is 0 Å². The van der Waals surface area contributed by atoms with Crippen LogP contribution < -0.4 is 4.74 Å². The van der Waals surface area contributed by atoms with Crippen molar-refractivity contribution in [1.29, 1.82) is 0 Å². The van der Waals surface area contributed by atoms with Crippen LogP contribution in [0.3, 0.4) is 0 Å². The summed E-state index contributed by atoms with van der Waals surface area (Å²) in [4.78, 5) is 11.9. The number of carbonyl (C=O) groups is 1. The van der Waals surface area contributed by atoms with Gasteiger partial charge in [0.15, 0.2) is 5.78 Å². The Labute approximate surface area is 110 Å². The van der Waals surface area contributed by atoms with E-state index in [9.17, 15) is 4.79 Å². The highest BCUT2D eigenvalue weighted by atomic mass is 79.9. The van der Waals surface area contributed by atoms with Gasteiger partial charge in [-0.1, -0.05) is 15.9 Å². The van der Waals surface area contributed by atoms with Crippen LogP contribution >= 0.6 is 28.6 Å². The first kappa shape index (κ1) is 13.6. The molecule has 0 N–H and O–H groups in total. The van der Waals surface area contributed by atoms with Crippen molar-refractivity contribution >= 4 is 34.3 Å². The van der Waals surface area contributed by atoms with E-state index >= 15 is 0 Å². The second-order valence-corrected chi connectivity index (χ2v) is 4.79. The molecule has 2 nitrogen and oxygen atoms in total. The second kappa shape index (κ2) is 5.23. The molecule has 0 heterocycles. The minimum absolute atomic E-state index is 0.0125. The predicted molar refractivity (Wildman–Crippen MR) is 73.1 cm³/mol. The zero-order valence-corrected chi connectivity index (χ0v) is 12.3. The van der Waals surface area contributed by atoms with E-state index in [1.54, 1.807) is 7.11 Å². The number of thiol groups is 1. The maximum atomic E-state index is 11.9. The molecular formula is C12H15BrO2S. The van der Waals surface area contributed by atoms with Gasteiger partial charge in [0, 0.05) is 4.47 Å². The third-order valence-electron chi connectivity index (χ3n) is 2.79. The number of halogens is 1. The Morgan fingerprint density at radius 3 is 2.25 bits per heavy atom. The lowest BCUT2D eigenvalue weighted by molar-refractivity contribution is 0.101. The Morgan fingerprint density at radius 2 is 1.81 bits per heavy atom. The maximum Gasteiger partial charge on any atom is 0.176 e. The van der Waals surface area contributed by atoms with Crippen molar-refractivity contribution in [1.82, 2.24) is 0 Å². The fraction of sp³-hybridized carbons (Fsp3) is 0.417. The van der Waals surface area contributed by atoms with Gasteiger partial charge in [0.25, 0.3) is 0 Å². The largest absolute Gasteiger partial charge is 0.496 e. The van der Waals surface area contributed by atoms with Crippen LogP contribution in [0.5, 0.6) is 5.75 Å². The number of Topliss-reactive ketones (excluding diaryl/α,β-unsaturated/α-hetero) is 1. The number of ether oxygens (including phenoxy) is 1. The van der Waals surface area contributed by atoms with Gasteiger partial charge >= 0.3 is 0 Å². The molecule has 1 rings (SSSR count). The molecule has 0 fully saturated rings. The molecule has 0 aliphatic heterocycles. The van der Waals surface area contributed by atoms with Gasteiger partial charge in [-0.25, -0.2) is 0 Å². The Hall–Kier alpha value is -0.480. The fourth-order valence-electron chi connectivity index (χ4n) is 1.75. The van der Waals surface area contributed by atoms with E-state index in [0.717, 1.165) is 21.2 Å². The fourth-order valence-corrected chi connectivity index (χ4v) is 2.41. The van der Waals surface area contributed by atoms with Gasteiger partial charge in [-0.05, 0) is 37.5 Å². The number of ketones is 1. The Balaban J connectivity index is 3.64. The lowest BCUT2D eigenvalue weighted by Crippen LogP contribution is -2.09. The van der Waals surface area contributed by atoms with Gasteiger partial charge in [-0.15, -0.1) is 0 Å². The summed E-state index contributed by atoms with van der Waals surface area (Å²) >= 11 is 7.54. The summed E-state index contributed by atoms with van der Waals surface area (Å²) < 4.78 is 6.31. The minimum atomic E-state index is -0.0125. The number of hydrogen-bond acceptors (Lipinski definition) is 3. The molecule has 0 radical (unpaired) electrons. The molecular weight excluding hydrogens is 288 g/mol. The molecule has 4 heteroatoms. The summed E-state index contributed by atoms with van der Waals surface area (Å²) in [5.74, 6) is 0.838. The van der Waals surface area contributed by atoms with E-state index < -0.39 is 0 Å². The second-order valence-electron chi connectivity index (χ2n) is 3.68. The highest BCUT2D eigenvalue weighted by Crippen LogP contribution is 2.36. The molecule has 0 amide bonds. The number of benzene rings is 1. The number of carbonyl (C=O) groups excluding carboxylic acids is 1. The molecule has 0 bridgehead atoms. The van der Waals surface area contributed by atoms with E-state index in [2.05, 4.69) is 28.6 Å². The zero-order valence-electron chi connectivity index (χ0n) is 9.85. The standard InChI is InChI=1S/C12H15BrO2S/c1-6-7(2)12(15-4)10(9(14)5-16)8(3)11(6)13/h16H,5H2,1-4H3. The summed E-state index contributed by atoms with van der Waals surface area (Å²) in [5.41, 5.74) is 3.64. The first-order valence-corrected chi connectivity index (χ1v) is 6.35. The lowest BCUT2D eigenvalue weighted by atomic mass is 9.97. The molecule has 88 valence electrons. The van der Waals surface area contributed by atoms with Crippen molar-refractivity contribution in [2.24, 2.45) is 0 Å². The molecule has 1 aromatic rings. The van der Waals surface area contributed by atoms with Gasteiger partial charge in [-0.3, -0.25) is 4.79 Å². The maximum absolute atomic E-state index is 11.9. The van der Waals surface area contributed by atoms with Crippen LogP contribution in [0.1, 0.15) is 27.0 Å². The Morgan fingerprint density at radius 1 is 1.25 bits per heavy atom. The predicted octanol–water partition coefficient (Wildman–Crippen LogP) is 3.50. The monoisotopic (exact) mass is 302 g/mol. The SMILES string of the molecule is COc1c(C)c(C)c(Br)c(C)c1C(=O)CS. The van der Waals surface area contributed by atoms with E-state index in [4.69, 9.17) is 4.74 Å². The molecule has 0 aromatic heterocycles. The van der Waals surface area contributed by atoms with Crippen LogP contribution in [0.4, 0.5) is 0 Å². The topological polar surface area (TPSA) is 26.3 Å². The molecule has 1 aromatic carbocycles. The number of rotatable bonds is 3. The molecule has 0 saturated heterocycles. The quantitative estimate of drug-likeness (QED) is 0.683. The normalized spacial score (nSPS) is 10.4. The third kappa shape index (κ3) is 2.13. The summed E-state index contributed by atoms with van der Waals surface area (Å²) in [5, 5.41) is 0. The highest BCUT2D eigenvalue weighted by molar-refractivity contribution is 9.10. The first-order chi connectivity index (χ1) is 7.45. The van der Waals surface area contributed by atoms with E-state index in [1.165, 1.54) is 0 Å². The van der Waals surface area contributed by atoms with Crippen LogP contribution in [0, 0.1) is 20.8 Å². The average molecular weight is 303 g/mol. The molecule has 0 aliphatic carbocycles. The molecule has 0 atom stereocenters. The van der Waals surface area contributed by atoms with E-state index in [1.807, 2.05) is 20.8 Å². The first-order valence-electron chi connectivity index (χ1n) is 4.93. The summed E-state index contributed by atoms with van der Waals surface area (Å²) in [6.45, 7) is 5.87. The minimum Gasteiger partial charge on any atom is -0.496 e. The van der Waals surface area contributed by atoms with E-state index in [0.29, 0.717) is 11.3 Å². The summed E-state index contributed by atoms with van der Waals surface area (Å²) in [6.07, 6.45) is 0. The Bertz CT molecular complexity index is 441. The Kier molecular flexibility index (Phi) is 4.44. The summed E-state index contributed by atoms with van der Waals surface area (Å²) in [7, 11) is 1.59. The van der Waals surface area contributed by atoms with Crippen LogP contribution in [-0.2, 0) is 0 Å². The van der Waals surface area contributed by atoms with Gasteiger partial charge in [-0.2, -0.15) is 12.6 Å². The highest BCUT2D eigenvalue weighted by Gasteiger charge is 2.20. The number of methoxy groups -OCH3 is 1. The van der Waals surface area contributed by atoms with Crippen molar-refractivity contribution in [2.75, 3.05) is 12.9 Å². The van der Waals surface area contributed by atoms with Crippen molar-refractivity contribution in [3.05, 3.63) is 26.7 Å². The molecule has 0 spiro atoms. The van der Waals surface area contributed by atoms with Gasteiger partial charge < -0.3 is 4.74 Å². The van der Waals surface area contributed by atoms with Crippen molar-refractivity contribution < 1.29 is 9.53 Å². The van der Waals surface area contributed by atoms with Crippen LogP contribution in [0.15, 0.2) is 4.47 Å². The number of hydrogen-bond donors (Lipinski definition) is 1. The molecule has 0 aliphatic rings. The molecule has 16 heavy (non-hydrogen) atoms. The van der Waals surface area contributed by atoms with Crippen LogP contribution in [-0.4, -0.2) is 18.6 Å². The van der Waals surface area contributed by atoms with Crippen LogP contribution in [0.25, 0.3) is 0 Å². The molecule has 0 saturated carbocycles. The van der Waals surface area contributed by atoms with E-state index in [-0.39, 0.29) is 11.5 Å². The van der Waals surface area contributed by atoms with Crippen molar-refractivity contribution in [3.8, 4) is 5.75 Å². The van der Waals surface area contributed by atoms with Gasteiger partial charge in [0.1, 0.15) is 5.75 Å². The summed E-state index contributed by atoms with van der Waals surface area (Å²) in [6, 6.07) is 0. The zero-order chi connectivity index (χ0) is 12.5.